The summed E-state index contributed by atoms with van der Waals surface area (Å²) in [6, 6.07) is 1.57. The van der Waals surface area contributed by atoms with Crippen molar-refractivity contribution in [3.63, 3.8) is 0 Å². The average molecular weight is 205 g/mol. The summed E-state index contributed by atoms with van der Waals surface area (Å²) in [5.74, 6) is 2.85. The first-order chi connectivity index (χ1) is 7.34. The first-order valence-electron chi connectivity index (χ1n) is 6.77. The lowest BCUT2D eigenvalue weighted by Crippen LogP contribution is -2.52. The molecule has 1 nitrogen and oxygen atoms in total. The van der Waals surface area contributed by atoms with Gasteiger partial charge < -0.3 is 5.32 Å². The second-order valence-corrected chi connectivity index (χ2v) is 5.84. The highest BCUT2D eigenvalue weighted by molar-refractivity contribution is 5.13. The molecular weight excluding hydrogens is 182 g/mol. The van der Waals surface area contributed by atoms with Crippen molar-refractivity contribution in [2.45, 2.75) is 57.5 Å². The first kappa shape index (κ1) is 9.89. The van der Waals surface area contributed by atoms with Gasteiger partial charge in [0.1, 0.15) is 0 Å². The summed E-state index contributed by atoms with van der Waals surface area (Å²) in [4.78, 5) is 0. The third-order valence-corrected chi connectivity index (χ3v) is 4.95. The fourth-order valence-electron chi connectivity index (χ4n) is 3.84. The molecule has 0 amide bonds. The van der Waals surface area contributed by atoms with E-state index in [4.69, 9.17) is 0 Å². The highest BCUT2D eigenvalue weighted by Gasteiger charge is 2.41. The molecule has 3 aliphatic carbocycles. The van der Waals surface area contributed by atoms with E-state index < -0.39 is 0 Å². The normalized spacial score (nSPS) is 41.5. The van der Waals surface area contributed by atoms with Crippen molar-refractivity contribution in [3.05, 3.63) is 12.2 Å². The van der Waals surface area contributed by atoms with E-state index in [1.165, 1.54) is 38.5 Å². The second-order valence-electron chi connectivity index (χ2n) is 5.84. The third kappa shape index (κ3) is 1.75. The quantitative estimate of drug-likeness (QED) is 0.698. The highest BCUT2D eigenvalue weighted by Crippen LogP contribution is 2.43. The molecule has 0 aliphatic heterocycles. The molecule has 15 heavy (non-hydrogen) atoms. The van der Waals surface area contributed by atoms with Crippen molar-refractivity contribution in [1.29, 1.82) is 0 Å². The summed E-state index contributed by atoms with van der Waals surface area (Å²) in [5.41, 5.74) is 0. The van der Waals surface area contributed by atoms with Gasteiger partial charge in [0.25, 0.3) is 0 Å². The molecular formula is C14H23N. The number of hydrogen-bond acceptors (Lipinski definition) is 1. The van der Waals surface area contributed by atoms with E-state index in [1.54, 1.807) is 0 Å². The first-order valence-corrected chi connectivity index (χ1v) is 6.77. The van der Waals surface area contributed by atoms with Gasteiger partial charge in [-0.2, -0.15) is 0 Å². The predicted octanol–water partition coefficient (Wildman–Crippen LogP) is 3.12. The van der Waals surface area contributed by atoms with Gasteiger partial charge in [-0.15, -0.1) is 0 Å². The number of allylic oxidation sites excluding steroid dienone is 1. The van der Waals surface area contributed by atoms with E-state index in [0.717, 1.165) is 29.8 Å². The number of hydrogen-bond donors (Lipinski definition) is 1. The second kappa shape index (κ2) is 3.93. The van der Waals surface area contributed by atoms with Crippen molar-refractivity contribution in [2.24, 2.45) is 17.8 Å². The Morgan fingerprint density at radius 2 is 2.07 bits per heavy atom. The molecule has 3 rings (SSSR count). The maximum atomic E-state index is 3.88. The maximum absolute atomic E-state index is 3.88. The minimum atomic E-state index is 0.757. The van der Waals surface area contributed by atoms with Crippen LogP contribution in [0.5, 0.6) is 0 Å². The summed E-state index contributed by atoms with van der Waals surface area (Å²) in [5, 5.41) is 3.88. The van der Waals surface area contributed by atoms with Crippen molar-refractivity contribution in [2.75, 3.05) is 0 Å². The van der Waals surface area contributed by atoms with Gasteiger partial charge in [0, 0.05) is 12.1 Å². The van der Waals surface area contributed by atoms with Gasteiger partial charge in [0.15, 0.2) is 0 Å². The molecule has 3 unspecified atom stereocenters. The smallest absolute Gasteiger partial charge is 0.0138 e. The monoisotopic (exact) mass is 205 g/mol. The standard InChI is InChI=1S/C14H23N/c1-10(11-5-2-3-6-11)15-14-9-12-7-4-8-13(12)14/h4,8,10-15H,2-3,5-7,9H2,1H3/t10-,12?,13?,14?/m0/s1. The zero-order valence-electron chi connectivity index (χ0n) is 9.78. The maximum Gasteiger partial charge on any atom is 0.0138 e. The molecule has 84 valence electrons. The Morgan fingerprint density at radius 1 is 1.27 bits per heavy atom. The lowest BCUT2D eigenvalue weighted by atomic mass is 9.71. The molecule has 0 heterocycles. The largest absolute Gasteiger partial charge is 0.311 e. The molecule has 3 aliphatic rings. The Labute approximate surface area is 93.3 Å². The minimum Gasteiger partial charge on any atom is -0.311 e. The average Bonchev–Trinajstić information content (AvgIpc) is 2.82. The Bertz CT molecular complexity index is 252. The van der Waals surface area contributed by atoms with Crippen molar-refractivity contribution < 1.29 is 0 Å². The van der Waals surface area contributed by atoms with Crippen LogP contribution in [0.15, 0.2) is 12.2 Å². The molecule has 0 bridgehead atoms. The highest BCUT2D eigenvalue weighted by atomic mass is 15.0. The van der Waals surface area contributed by atoms with Gasteiger partial charge >= 0.3 is 0 Å². The lowest BCUT2D eigenvalue weighted by molar-refractivity contribution is 0.140. The van der Waals surface area contributed by atoms with Gasteiger partial charge in [-0.05, 0) is 50.4 Å². The van der Waals surface area contributed by atoms with Gasteiger partial charge in [-0.3, -0.25) is 0 Å². The van der Waals surface area contributed by atoms with Gasteiger partial charge in [0.05, 0.1) is 0 Å². The van der Waals surface area contributed by atoms with Crippen LogP contribution in [-0.4, -0.2) is 12.1 Å². The van der Waals surface area contributed by atoms with Crippen LogP contribution in [0.3, 0.4) is 0 Å². The lowest BCUT2D eigenvalue weighted by Gasteiger charge is -2.43. The van der Waals surface area contributed by atoms with Gasteiger partial charge in [0.2, 0.25) is 0 Å². The SMILES string of the molecule is C[C@H](NC1CC2CC=CC21)C1CCCC1. The topological polar surface area (TPSA) is 12.0 Å². The van der Waals surface area contributed by atoms with E-state index in [2.05, 4.69) is 24.4 Å². The molecule has 0 aromatic rings. The molecule has 4 atom stereocenters. The van der Waals surface area contributed by atoms with Crippen LogP contribution in [-0.2, 0) is 0 Å². The third-order valence-electron chi connectivity index (χ3n) is 4.95. The van der Waals surface area contributed by atoms with Gasteiger partial charge in [-0.1, -0.05) is 25.0 Å². The molecule has 0 radical (unpaired) electrons. The summed E-state index contributed by atoms with van der Waals surface area (Å²) in [6.45, 7) is 2.40. The zero-order valence-corrected chi connectivity index (χ0v) is 9.78. The van der Waals surface area contributed by atoms with E-state index in [9.17, 15) is 0 Å². The minimum absolute atomic E-state index is 0.757. The molecule has 0 saturated heterocycles. The fourth-order valence-corrected chi connectivity index (χ4v) is 3.84. The molecule has 1 N–H and O–H groups in total. The summed E-state index contributed by atoms with van der Waals surface area (Å²) < 4.78 is 0. The summed E-state index contributed by atoms with van der Waals surface area (Å²) in [7, 11) is 0. The van der Waals surface area contributed by atoms with Crippen LogP contribution in [0.25, 0.3) is 0 Å². The summed E-state index contributed by atoms with van der Waals surface area (Å²) in [6.07, 6.45) is 13.5. The van der Waals surface area contributed by atoms with E-state index in [-0.39, 0.29) is 0 Å². The predicted molar refractivity (Wildman–Crippen MR) is 63.7 cm³/mol. The van der Waals surface area contributed by atoms with E-state index in [1.807, 2.05) is 0 Å². The van der Waals surface area contributed by atoms with Gasteiger partial charge in [-0.25, -0.2) is 0 Å². The van der Waals surface area contributed by atoms with Crippen LogP contribution in [0.2, 0.25) is 0 Å². The molecule has 1 heteroatoms. The Morgan fingerprint density at radius 3 is 2.80 bits per heavy atom. The summed E-state index contributed by atoms with van der Waals surface area (Å²) >= 11 is 0. The van der Waals surface area contributed by atoms with Crippen molar-refractivity contribution >= 4 is 0 Å². The Kier molecular flexibility index (Phi) is 2.59. The van der Waals surface area contributed by atoms with E-state index in [0.29, 0.717) is 0 Å². The Balaban J connectivity index is 1.50. The number of fused-ring (bicyclic) bond motifs is 1. The van der Waals surface area contributed by atoms with Crippen LogP contribution in [0.1, 0.15) is 45.4 Å². The Hall–Kier alpha value is -0.300. The van der Waals surface area contributed by atoms with Crippen LogP contribution < -0.4 is 5.32 Å². The van der Waals surface area contributed by atoms with E-state index >= 15 is 0 Å². The van der Waals surface area contributed by atoms with Crippen LogP contribution in [0.4, 0.5) is 0 Å². The fraction of sp³-hybridized carbons (Fsp3) is 0.857. The number of rotatable bonds is 3. The molecule has 0 aromatic heterocycles. The zero-order chi connectivity index (χ0) is 10.3. The number of nitrogens with one attached hydrogen (secondary N) is 1. The van der Waals surface area contributed by atoms with Crippen molar-refractivity contribution in [3.8, 4) is 0 Å². The van der Waals surface area contributed by atoms with Crippen molar-refractivity contribution in [1.82, 2.24) is 5.32 Å². The molecule has 0 spiro atoms. The molecule has 0 aromatic carbocycles. The van der Waals surface area contributed by atoms with Crippen LogP contribution in [0, 0.1) is 17.8 Å². The molecule has 2 fully saturated rings. The molecule has 2 saturated carbocycles. The van der Waals surface area contributed by atoms with Crippen LogP contribution >= 0.6 is 0 Å².